The van der Waals surface area contributed by atoms with Crippen LogP contribution in [0.15, 0.2) is 60.7 Å². The van der Waals surface area contributed by atoms with E-state index in [-0.39, 0.29) is 0 Å². The van der Waals surface area contributed by atoms with E-state index in [4.69, 9.17) is 4.74 Å². The zero-order chi connectivity index (χ0) is 20.0. The fraction of sp³-hybridized carbons (Fsp3) is 0.160. The molecule has 0 saturated carbocycles. The van der Waals surface area contributed by atoms with Crippen LogP contribution >= 0.6 is 11.3 Å². The zero-order valence-corrected chi connectivity index (χ0v) is 17.7. The van der Waals surface area contributed by atoms with Crippen molar-refractivity contribution in [2.45, 2.75) is 13.5 Å². The number of hydrogen-bond acceptors (Lipinski definition) is 2. The largest absolute Gasteiger partial charge is 0.497 e. The average molecular weight is 400 g/mol. The van der Waals surface area contributed by atoms with Crippen LogP contribution in [0.5, 0.6) is 5.75 Å². The molecule has 0 atom stereocenters. The summed E-state index contributed by atoms with van der Waals surface area (Å²) < 4.78 is 11.3. The Hall–Kier alpha value is -3.11. The number of ether oxygens (including phenoxy) is 1. The third-order valence-electron chi connectivity index (χ3n) is 5.61. The summed E-state index contributed by atoms with van der Waals surface area (Å²) in [5.74, 6) is 0.898. The number of rotatable bonds is 4. The van der Waals surface area contributed by atoms with Crippen LogP contribution in [-0.2, 0) is 13.6 Å². The summed E-state index contributed by atoms with van der Waals surface area (Å²) in [5, 5.41) is 3.85. The minimum absolute atomic E-state index is 0.898. The monoisotopic (exact) mass is 399 g/mol. The van der Waals surface area contributed by atoms with Gasteiger partial charge in [-0.1, -0.05) is 35.6 Å². The normalized spacial score (nSPS) is 12.0. The van der Waals surface area contributed by atoms with Crippen molar-refractivity contribution < 1.29 is 9.30 Å². The van der Waals surface area contributed by atoms with Crippen LogP contribution in [0.1, 0.15) is 17.5 Å². The van der Waals surface area contributed by atoms with Crippen molar-refractivity contribution in [2.24, 2.45) is 7.05 Å². The van der Waals surface area contributed by atoms with Crippen LogP contribution in [-0.4, -0.2) is 11.7 Å². The second-order valence-corrected chi connectivity index (χ2v) is 8.27. The van der Waals surface area contributed by atoms with Gasteiger partial charge in [0.05, 0.1) is 13.2 Å². The highest BCUT2D eigenvalue weighted by Gasteiger charge is 2.17. The summed E-state index contributed by atoms with van der Waals surface area (Å²) in [7, 11) is 3.85. The van der Waals surface area contributed by atoms with Crippen molar-refractivity contribution in [1.29, 1.82) is 0 Å². The quantitative estimate of drug-likeness (QED) is 0.337. The van der Waals surface area contributed by atoms with Gasteiger partial charge in [0.15, 0.2) is 0 Å². The summed E-state index contributed by atoms with van der Waals surface area (Å²) in [5.41, 5.74) is 4.97. The maximum Gasteiger partial charge on any atom is 0.262 e. The maximum atomic E-state index is 5.41. The number of aromatic nitrogens is 2. The van der Waals surface area contributed by atoms with E-state index in [1.807, 2.05) is 17.4 Å². The van der Waals surface area contributed by atoms with Gasteiger partial charge in [-0.3, -0.25) is 0 Å². The number of fused-ring (bicyclic) bond motifs is 4. The Morgan fingerprint density at radius 3 is 2.62 bits per heavy atom. The van der Waals surface area contributed by atoms with Crippen LogP contribution in [0.25, 0.3) is 44.2 Å². The number of methoxy groups -OCH3 is 1. The predicted octanol–water partition coefficient (Wildman–Crippen LogP) is 6.03. The third kappa shape index (κ3) is 2.91. The molecule has 5 aromatic rings. The van der Waals surface area contributed by atoms with Gasteiger partial charge in [-0.15, -0.1) is 0 Å². The van der Waals surface area contributed by atoms with Gasteiger partial charge in [0.1, 0.15) is 17.0 Å². The number of nitrogens with zero attached hydrogens (tertiary/aromatic N) is 2. The Bertz CT molecular complexity index is 1390. The van der Waals surface area contributed by atoms with Crippen LogP contribution in [0, 0.1) is 0 Å². The highest BCUT2D eigenvalue weighted by atomic mass is 32.1. The molecule has 0 fully saturated rings. The lowest BCUT2D eigenvalue weighted by atomic mass is 10.1. The highest BCUT2D eigenvalue weighted by Crippen LogP contribution is 2.30. The van der Waals surface area contributed by atoms with E-state index >= 15 is 0 Å². The van der Waals surface area contributed by atoms with Gasteiger partial charge in [-0.25, -0.2) is 0 Å². The molecule has 3 aromatic carbocycles. The lowest BCUT2D eigenvalue weighted by molar-refractivity contribution is -0.665. The topological polar surface area (TPSA) is 18.0 Å². The second kappa shape index (κ2) is 7.05. The first-order chi connectivity index (χ1) is 14.2. The van der Waals surface area contributed by atoms with Gasteiger partial charge in [-0.2, -0.15) is 4.57 Å². The Morgan fingerprint density at radius 2 is 1.79 bits per heavy atom. The van der Waals surface area contributed by atoms with E-state index in [0.717, 1.165) is 12.3 Å². The standard InChI is InChI=1S/C25H23N2OS/c1-4-27-23-16-18(28-3)11-13-24(23)29-25(27)14-10-17-9-12-22-20(15-17)19-7-5-6-8-21(19)26(22)2/h5-16H,4H2,1-3H3/q+1. The van der Waals surface area contributed by atoms with Gasteiger partial charge in [-0.05, 0) is 48.9 Å². The van der Waals surface area contributed by atoms with Crippen LogP contribution in [0.3, 0.4) is 0 Å². The molecule has 0 aliphatic heterocycles. The fourth-order valence-corrected chi connectivity index (χ4v) is 5.22. The molecule has 4 heteroatoms. The molecular weight excluding hydrogens is 376 g/mol. The van der Waals surface area contributed by atoms with E-state index in [2.05, 4.69) is 89.9 Å². The first-order valence-electron chi connectivity index (χ1n) is 9.85. The molecule has 0 aliphatic rings. The van der Waals surface area contributed by atoms with Crippen molar-refractivity contribution in [3.05, 3.63) is 71.2 Å². The average Bonchev–Trinajstić information content (AvgIpc) is 3.26. The van der Waals surface area contributed by atoms with Crippen LogP contribution in [0.4, 0.5) is 0 Å². The van der Waals surface area contributed by atoms with Gasteiger partial charge in [0.2, 0.25) is 5.52 Å². The minimum Gasteiger partial charge on any atom is -0.497 e. The van der Waals surface area contributed by atoms with Crippen molar-refractivity contribution >= 4 is 55.5 Å². The predicted molar refractivity (Wildman–Crippen MR) is 124 cm³/mol. The molecule has 2 aromatic heterocycles. The second-order valence-electron chi connectivity index (χ2n) is 7.20. The van der Waals surface area contributed by atoms with E-state index < -0.39 is 0 Å². The van der Waals surface area contributed by atoms with Crippen molar-refractivity contribution in [2.75, 3.05) is 7.11 Å². The lowest BCUT2D eigenvalue weighted by Gasteiger charge is -1.98. The first-order valence-corrected chi connectivity index (χ1v) is 10.7. The number of benzene rings is 3. The highest BCUT2D eigenvalue weighted by molar-refractivity contribution is 7.18. The lowest BCUT2D eigenvalue weighted by Crippen LogP contribution is -2.33. The molecule has 0 amide bonds. The van der Waals surface area contributed by atoms with E-state index in [1.54, 1.807) is 7.11 Å². The molecule has 0 saturated heterocycles. The first kappa shape index (κ1) is 18.0. The summed E-state index contributed by atoms with van der Waals surface area (Å²) in [6.45, 7) is 3.11. The molecule has 29 heavy (non-hydrogen) atoms. The molecule has 0 aliphatic carbocycles. The number of thiazole rings is 1. The number of hydrogen-bond donors (Lipinski definition) is 0. The van der Waals surface area contributed by atoms with Crippen molar-refractivity contribution in [1.82, 2.24) is 4.57 Å². The van der Waals surface area contributed by atoms with E-state index in [9.17, 15) is 0 Å². The van der Waals surface area contributed by atoms with Crippen molar-refractivity contribution in [3.63, 3.8) is 0 Å². The Morgan fingerprint density at radius 1 is 0.966 bits per heavy atom. The third-order valence-corrected chi connectivity index (χ3v) is 6.74. The van der Waals surface area contributed by atoms with Crippen molar-refractivity contribution in [3.8, 4) is 5.75 Å². The van der Waals surface area contributed by atoms with E-state index in [1.165, 1.54) is 42.6 Å². The molecular formula is C25H23N2OS+. The van der Waals surface area contributed by atoms with Gasteiger partial charge in [0, 0.05) is 34.9 Å². The number of aryl methyl sites for hydroxylation is 2. The molecule has 0 radical (unpaired) electrons. The SMILES string of the molecule is CC[n+]1c(/C=C/c2ccc3c(c2)c2ccccc2n3C)sc2ccc(OC)cc21. The van der Waals surface area contributed by atoms with Gasteiger partial charge < -0.3 is 9.30 Å². The maximum absolute atomic E-state index is 5.41. The zero-order valence-electron chi connectivity index (χ0n) is 16.8. The molecule has 0 bridgehead atoms. The molecule has 5 rings (SSSR count). The molecule has 144 valence electrons. The molecule has 0 unspecified atom stereocenters. The summed E-state index contributed by atoms with van der Waals surface area (Å²) in [4.78, 5) is 0. The minimum atomic E-state index is 0.898. The Kier molecular flexibility index (Phi) is 4.36. The molecule has 0 spiro atoms. The smallest absolute Gasteiger partial charge is 0.262 e. The molecule has 0 N–H and O–H groups in total. The molecule has 3 nitrogen and oxygen atoms in total. The number of para-hydroxylation sites is 1. The summed E-state index contributed by atoms with van der Waals surface area (Å²) in [6, 6.07) is 21.6. The van der Waals surface area contributed by atoms with Gasteiger partial charge in [0.25, 0.3) is 5.01 Å². The van der Waals surface area contributed by atoms with Crippen LogP contribution < -0.4 is 9.30 Å². The van der Waals surface area contributed by atoms with Crippen LogP contribution in [0.2, 0.25) is 0 Å². The summed E-state index contributed by atoms with van der Waals surface area (Å²) >= 11 is 1.81. The van der Waals surface area contributed by atoms with E-state index in [0.29, 0.717) is 0 Å². The molecule has 2 heterocycles. The Balaban J connectivity index is 1.59. The Labute approximate surface area is 174 Å². The summed E-state index contributed by atoms with van der Waals surface area (Å²) in [6.07, 6.45) is 4.45. The van der Waals surface area contributed by atoms with Gasteiger partial charge >= 0.3 is 0 Å². The fourth-order valence-electron chi connectivity index (χ4n) is 4.11.